The molecule has 2 heterocycles. The van der Waals surface area contributed by atoms with Crippen molar-refractivity contribution in [3.8, 4) is 0 Å². The van der Waals surface area contributed by atoms with Gasteiger partial charge in [-0.15, -0.1) is 11.3 Å². The van der Waals surface area contributed by atoms with Crippen molar-refractivity contribution < 1.29 is 4.79 Å². The lowest BCUT2D eigenvalue weighted by atomic mass is 10.1. The van der Waals surface area contributed by atoms with Gasteiger partial charge in [0.15, 0.2) is 0 Å². The Hall–Kier alpha value is -2.21. The highest BCUT2D eigenvalue weighted by Crippen LogP contribution is 2.29. The van der Waals surface area contributed by atoms with Crippen LogP contribution in [0.2, 0.25) is 0 Å². The highest BCUT2D eigenvalue weighted by molar-refractivity contribution is 7.18. The van der Waals surface area contributed by atoms with Gasteiger partial charge in [0.1, 0.15) is 5.01 Å². The molecule has 0 bridgehead atoms. The van der Waals surface area contributed by atoms with Crippen molar-refractivity contribution in [2.75, 3.05) is 7.05 Å². The van der Waals surface area contributed by atoms with E-state index in [0.29, 0.717) is 6.42 Å². The number of para-hydroxylation sites is 1. The van der Waals surface area contributed by atoms with Crippen LogP contribution in [0.4, 0.5) is 0 Å². The van der Waals surface area contributed by atoms with Gasteiger partial charge in [-0.05, 0) is 44.9 Å². The van der Waals surface area contributed by atoms with Gasteiger partial charge in [0.25, 0.3) is 0 Å². The molecule has 0 saturated carbocycles. The lowest BCUT2D eigenvalue weighted by Gasteiger charge is -2.23. The summed E-state index contributed by atoms with van der Waals surface area (Å²) in [7, 11) is 3.80. The number of benzene rings is 1. The molecule has 0 aliphatic carbocycles. The Morgan fingerprint density at radius 1 is 1.32 bits per heavy atom. The van der Waals surface area contributed by atoms with Gasteiger partial charge in [-0.1, -0.05) is 12.1 Å². The summed E-state index contributed by atoms with van der Waals surface area (Å²) in [5.41, 5.74) is 4.32. The van der Waals surface area contributed by atoms with Crippen molar-refractivity contribution in [1.29, 1.82) is 0 Å². The summed E-state index contributed by atoms with van der Waals surface area (Å²) in [4.78, 5) is 19.1. The van der Waals surface area contributed by atoms with Gasteiger partial charge in [-0.3, -0.25) is 9.48 Å². The number of aryl methyl sites for hydroxylation is 2. The molecule has 132 valence electrons. The standard InChI is InChI=1S/C19H24N4OS/c1-12-15(13(2)23(5)21-12)10-11-18(24)22(4)14(3)19-20-16-8-6-7-9-17(16)25-19/h6-9,14H,10-11H2,1-5H3/t14-/m0/s1. The largest absolute Gasteiger partial charge is 0.337 e. The highest BCUT2D eigenvalue weighted by atomic mass is 32.1. The summed E-state index contributed by atoms with van der Waals surface area (Å²) in [6.45, 7) is 6.09. The number of aromatic nitrogens is 3. The van der Waals surface area contributed by atoms with E-state index in [1.165, 1.54) is 5.56 Å². The molecule has 0 spiro atoms. The van der Waals surface area contributed by atoms with Crippen molar-refractivity contribution in [2.45, 2.75) is 39.7 Å². The molecule has 0 radical (unpaired) electrons. The fraction of sp³-hybridized carbons (Fsp3) is 0.421. The van der Waals surface area contributed by atoms with Gasteiger partial charge >= 0.3 is 0 Å². The van der Waals surface area contributed by atoms with Crippen molar-refractivity contribution in [2.24, 2.45) is 7.05 Å². The summed E-state index contributed by atoms with van der Waals surface area (Å²) in [5, 5.41) is 5.40. The highest BCUT2D eigenvalue weighted by Gasteiger charge is 2.21. The molecule has 1 amide bonds. The monoisotopic (exact) mass is 356 g/mol. The van der Waals surface area contributed by atoms with E-state index in [1.54, 1.807) is 16.2 Å². The molecule has 0 fully saturated rings. The first-order valence-corrected chi connectivity index (χ1v) is 9.30. The third kappa shape index (κ3) is 3.44. The molecule has 2 aromatic heterocycles. The Kier molecular flexibility index (Phi) is 4.90. The van der Waals surface area contributed by atoms with E-state index in [-0.39, 0.29) is 11.9 Å². The van der Waals surface area contributed by atoms with E-state index in [0.717, 1.165) is 33.0 Å². The second-order valence-electron chi connectivity index (χ2n) is 6.47. The molecule has 5 nitrogen and oxygen atoms in total. The summed E-state index contributed by atoms with van der Waals surface area (Å²) >= 11 is 1.66. The molecule has 3 rings (SSSR count). The van der Waals surface area contributed by atoms with Crippen LogP contribution in [0.5, 0.6) is 0 Å². The van der Waals surface area contributed by atoms with Crippen LogP contribution in [0.15, 0.2) is 24.3 Å². The predicted octanol–water partition coefficient (Wildman–Crippen LogP) is 3.80. The van der Waals surface area contributed by atoms with Crippen LogP contribution in [-0.2, 0) is 18.3 Å². The van der Waals surface area contributed by atoms with Gasteiger partial charge < -0.3 is 4.90 Å². The number of amides is 1. The lowest BCUT2D eigenvalue weighted by molar-refractivity contribution is -0.131. The Labute approximate surface area is 152 Å². The number of hydrogen-bond acceptors (Lipinski definition) is 4. The summed E-state index contributed by atoms with van der Waals surface area (Å²) < 4.78 is 3.04. The molecule has 0 aliphatic rings. The number of nitrogens with zero attached hydrogens (tertiary/aromatic N) is 4. The number of rotatable bonds is 5. The zero-order valence-corrected chi connectivity index (χ0v) is 16.2. The van der Waals surface area contributed by atoms with E-state index >= 15 is 0 Å². The maximum absolute atomic E-state index is 12.7. The molecule has 3 aromatic rings. The molecule has 1 aromatic carbocycles. The van der Waals surface area contributed by atoms with Gasteiger partial charge in [0.2, 0.25) is 5.91 Å². The van der Waals surface area contributed by atoms with E-state index < -0.39 is 0 Å². The van der Waals surface area contributed by atoms with Crippen LogP contribution in [0, 0.1) is 13.8 Å². The topological polar surface area (TPSA) is 51.0 Å². The molecular formula is C19H24N4OS. The minimum atomic E-state index is -0.0269. The van der Waals surface area contributed by atoms with Crippen LogP contribution >= 0.6 is 11.3 Å². The molecular weight excluding hydrogens is 332 g/mol. The number of thiazole rings is 1. The Balaban J connectivity index is 1.69. The van der Waals surface area contributed by atoms with Crippen molar-refractivity contribution in [1.82, 2.24) is 19.7 Å². The van der Waals surface area contributed by atoms with E-state index in [4.69, 9.17) is 0 Å². The molecule has 25 heavy (non-hydrogen) atoms. The van der Waals surface area contributed by atoms with Crippen molar-refractivity contribution in [3.63, 3.8) is 0 Å². The van der Waals surface area contributed by atoms with Crippen LogP contribution in [0.3, 0.4) is 0 Å². The van der Waals surface area contributed by atoms with Crippen LogP contribution in [0.25, 0.3) is 10.2 Å². The first-order valence-electron chi connectivity index (χ1n) is 8.48. The number of hydrogen-bond donors (Lipinski definition) is 0. The Morgan fingerprint density at radius 3 is 2.68 bits per heavy atom. The molecule has 1 atom stereocenters. The first kappa shape index (κ1) is 17.6. The second-order valence-corrected chi connectivity index (χ2v) is 7.54. The molecule has 0 N–H and O–H groups in total. The number of carbonyl (C=O) groups excluding carboxylic acids is 1. The van der Waals surface area contributed by atoms with E-state index in [9.17, 15) is 4.79 Å². The summed E-state index contributed by atoms with van der Waals surface area (Å²) in [6.07, 6.45) is 1.21. The maximum Gasteiger partial charge on any atom is 0.223 e. The minimum Gasteiger partial charge on any atom is -0.337 e. The zero-order chi connectivity index (χ0) is 18.1. The van der Waals surface area contributed by atoms with Gasteiger partial charge in [0, 0.05) is 26.2 Å². The number of carbonyl (C=O) groups is 1. The van der Waals surface area contributed by atoms with Gasteiger partial charge in [-0.25, -0.2) is 4.98 Å². The normalized spacial score (nSPS) is 12.5. The smallest absolute Gasteiger partial charge is 0.223 e. The van der Waals surface area contributed by atoms with Crippen molar-refractivity contribution in [3.05, 3.63) is 46.2 Å². The molecule has 6 heteroatoms. The van der Waals surface area contributed by atoms with Gasteiger partial charge in [-0.2, -0.15) is 5.10 Å². The van der Waals surface area contributed by atoms with Crippen molar-refractivity contribution >= 4 is 27.5 Å². The minimum absolute atomic E-state index is 0.0269. The Bertz CT molecular complexity index is 878. The second kappa shape index (κ2) is 6.96. The maximum atomic E-state index is 12.7. The van der Waals surface area contributed by atoms with E-state index in [2.05, 4.69) is 16.1 Å². The average molecular weight is 356 g/mol. The third-order valence-corrected chi connectivity index (χ3v) is 6.10. The Morgan fingerprint density at radius 2 is 2.04 bits per heavy atom. The van der Waals surface area contributed by atoms with E-state index in [1.807, 2.05) is 57.7 Å². The third-order valence-electron chi connectivity index (χ3n) is 4.89. The first-order chi connectivity index (χ1) is 11.9. The predicted molar refractivity (Wildman–Crippen MR) is 102 cm³/mol. The SMILES string of the molecule is Cc1nn(C)c(C)c1CCC(=O)N(C)[C@@H](C)c1nc2ccccc2s1. The fourth-order valence-corrected chi connectivity index (χ4v) is 4.10. The molecule has 0 unspecified atom stereocenters. The summed E-state index contributed by atoms with van der Waals surface area (Å²) in [5.74, 6) is 0.134. The zero-order valence-electron chi connectivity index (χ0n) is 15.4. The quantitative estimate of drug-likeness (QED) is 0.699. The fourth-order valence-electron chi connectivity index (χ4n) is 3.04. The van der Waals surface area contributed by atoms with Crippen LogP contribution in [0.1, 0.15) is 41.3 Å². The van der Waals surface area contributed by atoms with Crippen LogP contribution in [-0.4, -0.2) is 32.6 Å². The van der Waals surface area contributed by atoms with Gasteiger partial charge in [0.05, 0.1) is 22.0 Å². The molecule has 0 aliphatic heterocycles. The number of fused-ring (bicyclic) bond motifs is 1. The summed E-state index contributed by atoms with van der Waals surface area (Å²) in [6, 6.07) is 8.06. The van der Waals surface area contributed by atoms with Crippen LogP contribution < -0.4 is 0 Å². The average Bonchev–Trinajstić information content (AvgIpc) is 3.13. The molecule has 0 saturated heterocycles. The lowest BCUT2D eigenvalue weighted by Crippen LogP contribution is -2.29.